The van der Waals surface area contributed by atoms with E-state index in [0.29, 0.717) is 5.56 Å². The third kappa shape index (κ3) is 1.63. The first-order chi connectivity index (χ1) is 7.52. The molecule has 1 N–H and O–H groups in total. The van der Waals surface area contributed by atoms with E-state index in [0.717, 1.165) is 24.4 Å². The molecule has 1 aliphatic rings. The lowest BCUT2D eigenvalue weighted by atomic mass is 10.1. The molecule has 16 heavy (non-hydrogen) atoms. The maximum Gasteiger partial charge on any atom is 0.337 e. The Kier molecular flexibility index (Phi) is 2.76. The second kappa shape index (κ2) is 3.94. The second-order valence-electron chi connectivity index (χ2n) is 4.39. The van der Waals surface area contributed by atoms with Crippen LogP contribution in [0.3, 0.4) is 0 Å². The van der Waals surface area contributed by atoms with Crippen LogP contribution in [-0.2, 0) is 4.74 Å². The highest BCUT2D eigenvalue weighted by Gasteiger charge is 2.29. The van der Waals surface area contributed by atoms with Crippen molar-refractivity contribution in [2.75, 3.05) is 6.61 Å². The van der Waals surface area contributed by atoms with Gasteiger partial charge in [-0.3, -0.25) is 0 Å². The fraction of sp³-hybridized carbons (Fsp3) is 0.583. The number of carboxylic acids is 1. The molecular formula is C12H17NO3. The minimum Gasteiger partial charge on any atom is -0.478 e. The van der Waals surface area contributed by atoms with Gasteiger partial charge in [0, 0.05) is 18.0 Å². The van der Waals surface area contributed by atoms with Crippen molar-refractivity contribution in [3.8, 4) is 0 Å². The molecule has 0 saturated carbocycles. The molecule has 1 saturated heterocycles. The number of nitrogens with zero attached hydrogens (tertiary/aromatic N) is 1. The van der Waals surface area contributed by atoms with E-state index in [1.54, 1.807) is 6.07 Å². The third-order valence-corrected chi connectivity index (χ3v) is 3.38. The summed E-state index contributed by atoms with van der Waals surface area (Å²) < 4.78 is 7.63. The summed E-state index contributed by atoms with van der Waals surface area (Å²) in [5.41, 5.74) is 2.22. The molecule has 4 heteroatoms. The number of aryl methyl sites for hydroxylation is 1. The number of aromatic carboxylic acids is 1. The van der Waals surface area contributed by atoms with Gasteiger partial charge >= 0.3 is 5.97 Å². The van der Waals surface area contributed by atoms with Crippen LogP contribution in [0.15, 0.2) is 6.07 Å². The highest BCUT2D eigenvalue weighted by molar-refractivity contribution is 5.89. The lowest BCUT2D eigenvalue weighted by Crippen LogP contribution is -2.19. The molecule has 2 atom stereocenters. The number of aromatic nitrogens is 1. The van der Waals surface area contributed by atoms with Crippen LogP contribution in [-0.4, -0.2) is 28.4 Å². The van der Waals surface area contributed by atoms with Gasteiger partial charge in [0.1, 0.15) is 0 Å². The normalized spacial score (nSPS) is 24.9. The van der Waals surface area contributed by atoms with Crippen molar-refractivity contribution >= 4 is 5.97 Å². The van der Waals surface area contributed by atoms with Gasteiger partial charge in [0.2, 0.25) is 0 Å². The SMILES string of the molecule is Cc1cc(C(=O)O)c(C)n1C1CCOC1C. The van der Waals surface area contributed by atoms with E-state index in [2.05, 4.69) is 4.57 Å². The summed E-state index contributed by atoms with van der Waals surface area (Å²) in [7, 11) is 0. The Bertz CT molecular complexity index is 422. The Balaban J connectivity index is 2.44. The first kappa shape index (κ1) is 11.2. The molecule has 88 valence electrons. The van der Waals surface area contributed by atoms with Crippen molar-refractivity contribution in [2.24, 2.45) is 0 Å². The molecule has 0 aromatic carbocycles. The average molecular weight is 223 g/mol. The molecule has 1 aromatic rings. The van der Waals surface area contributed by atoms with Gasteiger partial charge in [-0.15, -0.1) is 0 Å². The van der Waals surface area contributed by atoms with E-state index in [-0.39, 0.29) is 12.1 Å². The van der Waals surface area contributed by atoms with Crippen molar-refractivity contribution in [1.82, 2.24) is 4.57 Å². The smallest absolute Gasteiger partial charge is 0.337 e. The minimum absolute atomic E-state index is 0.159. The van der Waals surface area contributed by atoms with Gasteiger partial charge in [0.05, 0.1) is 17.7 Å². The van der Waals surface area contributed by atoms with Crippen molar-refractivity contribution in [2.45, 2.75) is 39.3 Å². The van der Waals surface area contributed by atoms with Crippen LogP contribution in [0.5, 0.6) is 0 Å². The molecule has 2 unspecified atom stereocenters. The topological polar surface area (TPSA) is 51.5 Å². The highest BCUT2D eigenvalue weighted by atomic mass is 16.5. The standard InChI is InChI=1S/C12H17NO3/c1-7-6-10(12(14)15)8(2)13(7)11-4-5-16-9(11)3/h6,9,11H,4-5H2,1-3H3,(H,14,15). The Morgan fingerprint density at radius 2 is 2.25 bits per heavy atom. The van der Waals surface area contributed by atoms with Crippen molar-refractivity contribution < 1.29 is 14.6 Å². The van der Waals surface area contributed by atoms with E-state index >= 15 is 0 Å². The molecular weight excluding hydrogens is 206 g/mol. The summed E-state index contributed by atoms with van der Waals surface area (Å²) in [5, 5.41) is 9.07. The molecule has 0 radical (unpaired) electrons. The largest absolute Gasteiger partial charge is 0.478 e. The van der Waals surface area contributed by atoms with E-state index in [9.17, 15) is 4.79 Å². The molecule has 4 nitrogen and oxygen atoms in total. The first-order valence-electron chi connectivity index (χ1n) is 5.55. The molecule has 0 bridgehead atoms. The number of hydrogen-bond donors (Lipinski definition) is 1. The predicted octanol–water partition coefficient (Wildman–Crippen LogP) is 2.15. The van der Waals surface area contributed by atoms with Gasteiger partial charge in [-0.25, -0.2) is 4.79 Å². The summed E-state index contributed by atoms with van der Waals surface area (Å²) in [4.78, 5) is 11.0. The fourth-order valence-electron chi connectivity index (χ4n) is 2.56. The van der Waals surface area contributed by atoms with Gasteiger partial charge in [0.25, 0.3) is 0 Å². The molecule has 2 heterocycles. The maximum atomic E-state index is 11.0. The first-order valence-corrected chi connectivity index (χ1v) is 5.55. The van der Waals surface area contributed by atoms with E-state index in [1.165, 1.54) is 0 Å². The van der Waals surface area contributed by atoms with Crippen LogP contribution in [0, 0.1) is 13.8 Å². The summed E-state index contributed by atoms with van der Waals surface area (Å²) in [5.74, 6) is -0.856. The van der Waals surface area contributed by atoms with E-state index in [1.807, 2.05) is 20.8 Å². The van der Waals surface area contributed by atoms with Gasteiger partial charge < -0.3 is 14.4 Å². The van der Waals surface area contributed by atoms with Crippen LogP contribution >= 0.6 is 0 Å². The van der Waals surface area contributed by atoms with Crippen LogP contribution in [0.2, 0.25) is 0 Å². The van der Waals surface area contributed by atoms with Crippen molar-refractivity contribution in [1.29, 1.82) is 0 Å². The summed E-state index contributed by atoms with van der Waals surface area (Å²) in [6.07, 6.45) is 1.11. The van der Waals surface area contributed by atoms with Gasteiger partial charge in [-0.1, -0.05) is 0 Å². The predicted molar refractivity (Wildman–Crippen MR) is 59.9 cm³/mol. The van der Waals surface area contributed by atoms with Crippen molar-refractivity contribution in [3.63, 3.8) is 0 Å². The van der Waals surface area contributed by atoms with Crippen molar-refractivity contribution in [3.05, 3.63) is 23.0 Å². The molecule has 0 amide bonds. The number of ether oxygens (including phenoxy) is 1. The zero-order valence-corrected chi connectivity index (χ0v) is 9.86. The van der Waals surface area contributed by atoms with Crippen LogP contribution in [0.4, 0.5) is 0 Å². The molecule has 1 aliphatic heterocycles. The lowest BCUT2D eigenvalue weighted by Gasteiger charge is -2.20. The Morgan fingerprint density at radius 3 is 2.69 bits per heavy atom. The van der Waals surface area contributed by atoms with Crippen LogP contribution in [0.25, 0.3) is 0 Å². The lowest BCUT2D eigenvalue weighted by molar-refractivity contribution is 0.0695. The molecule has 1 aromatic heterocycles. The summed E-state index contributed by atoms with van der Waals surface area (Å²) in [6, 6.07) is 2.01. The van der Waals surface area contributed by atoms with Crippen LogP contribution in [0.1, 0.15) is 41.1 Å². The zero-order valence-electron chi connectivity index (χ0n) is 9.86. The number of carboxylic acid groups (broad SMARTS) is 1. The third-order valence-electron chi connectivity index (χ3n) is 3.38. The van der Waals surface area contributed by atoms with Gasteiger partial charge in [0.15, 0.2) is 0 Å². The maximum absolute atomic E-state index is 11.0. The molecule has 0 spiro atoms. The number of rotatable bonds is 2. The Morgan fingerprint density at radius 1 is 1.56 bits per heavy atom. The molecule has 1 fully saturated rings. The monoisotopic (exact) mass is 223 g/mol. The number of carbonyl (C=O) groups is 1. The Labute approximate surface area is 94.8 Å². The molecule has 2 rings (SSSR count). The van der Waals surface area contributed by atoms with Gasteiger partial charge in [-0.2, -0.15) is 0 Å². The van der Waals surface area contributed by atoms with Crippen LogP contribution < -0.4 is 0 Å². The summed E-state index contributed by atoms with van der Waals surface area (Å²) >= 11 is 0. The molecule has 0 aliphatic carbocycles. The summed E-state index contributed by atoms with van der Waals surface area (Å²) in [6.45, 7) is 6.61. The Hall–Kier alpha value is -1.29. The fourth-order valence-corrected chi connectivity index (χ4v) is 2.56. The zero-order chi connectivity index (χ0) is 11.9. The van der Waals surface area contributed by atoms with E-state index in [4.69, 9.17) is 9.84 Å². The highest BCUT2D eigenvalue weighted by Crippen LogP contribution is 2.30. The van der Waals surface area contributed by atoms with Gasteiger partial charge in [-0.05, 0) is 33.3 Å². The number of hydrogen-bond acceptors (Lipinski definition) is 2. The second-order valence-corrected chi connectivity index (χ2v) is 4.39. The average Bonchev–Trinajstić information content (AvgIpc) is 2.71. The van der Waals surface area contributed by atoms with E-state index < -0.39 is 5.97 Å². The quantitative estimate of drug-likeness (QED) is 0.835. The minimum atomic E-state index is -0.856.